The van der Waals surface area contributed by atoms with Crippen LogP contribution in [0.1, 0.15) is 51.4 Å². The van der Waals surface area contributed by atoms with Crippen molar-refractivity contribution in [3.8, 4) is 11.1 Å². The second kappa shape index (κ2) is 15.5. The molecule has 3 aromatic carbocycles. The van der Waals surface area contributed by atoms with Crippen molar-refractivity contribution in [2.24, 2.45) is 0 Å². The highest BCUT2D eigenvalue weighted by atomic mass is 16.7. The number of pyridine rings is 1. The third-order valence-electron chi connectivity index (χ3n) is 9.08. The van der Waals surface area contributed by atoms with Crippen LogP contribution in [0.3, 0.4) is 0 Å². The molecule has 10 heteroatoms. The number of aliphatic hydroxyl groups excluding tert-OH is 1. The summed E-state index contributed by atoms with van der Waals surface area (Å²) in [7, 11) is 0. The van der Waals surface area contributed by atoms with Gasteiger partial charge in [0.05, 0.1) is 24.4 Å². The van der Waals surface area contributed by atoms with Crippen LogP contribution in [0.25, 0.3) is 11.1 Å². The van der Waals surface area contributed by atoms with Gasteiger partial charge in [-0.2, -0.15) is 0 Å². The molecule has 7 rings (SSSR count). The molecule has 0 bridgehead atoms. The van der Waals surface area contributed by atoms with Crippen molar-refractivity contribution >= 4 is 11.9 Å². The molecule has 4 heterocycles. The van der Waals surface area contributed by atoms with Crippen molar-refractivity contribution in [3.63, 3.8) is 0 Å². The largest absolute Gasteiger partial charge is 0.392 e. The van der Waals surface area contributed by atoms with E-state index in [0.717, 1.165) is 78.5 Å². The predicted molar refractivity (Wildman–Crippen MR) is 186 cm³/mol. The molecule has 250 valence electrons. The van der Waals surface area contributed by atoms with Gasteiger partial charge in [-0.3, -0.25) is 14.7 Å². The van der Waals surface area contributed by atoms with Gasteiger partial charge in [-0.1, -0.05) is 60.7 Å². The molecule has 3 atom stereocenters. The molecular weight excluding hydrogens is 616 g/mol. The van der Waals surface area contributed by atoms with Crippen LogP contribution in [-0.4, -0.2) is 69.7 Å². The lowest BCUT2D eigenvalue weighted by Gasteiger charge is -2.40. The maximum atomic E-state index is 12.6. The van der Waals surface area contributed by atoms with Gasteiger partial charge in [-0.25, -0.2) is 9.97 Å². The van der Waals surface area contributed by atoms with Crippen LogP contribution in [-0.2, 0) is 22.6 Å². The van der Waals surface area contributed by atoms with Crippen LogP contribution in [0.15, 0.2) is 116 Å². The van der Waals surface area contributed by atoms with E-state index in [-0.39, 0.29) is 24.7 Å². The van der Waals surface area contributed by atoms with Gasteiger partial charge in [0.2, 0.25) is 5.95 Å². The number of ether oxygens (including phenoxy) is 2. The molecule has 2 aromatic heterocycles. The summed E-state index contributed by atoms with van der Waals surface area (Å²) in [5.74, 6) is 0.616. The number of amides is 1. The maximum Gasteiger partial charge on any atom is 0.253 e. The minimum absolute atomic E-state index is 0.00499. The predicted octanol–water partition coefficient (Wildman–Crippen LogP) is 5.33. The Morgan fingerprint density at radius 1 is 0.796 bits per heavy atom. The summed E-state index contributed by atoms with van der Waals surface area (Å²) < 4.78 is 13.4. The Kier molecular flexibility index (Phi) is 10.3. The molecule has 0 spiro atoms. The van der Waals surface area contributed by atoms with Gasteiger partial charge in [-0.15, -0.1) is 0 Å². The summed E-state index contributed by atoms with van der Waals surface area (Å²) in [6, 6.07) is 29.8. The van der Waals surface area contributed by atoms with Crippen LogP contribution in [0, 0.1) is 0 Å². The van der Waals surface area contributed by atoms with Gasteiger partial charge in [0, 0.05) is 76.0 Å². The lowest BCUT2D eigenvalue weighted by atomic mass is 9.98. The molecule has 1 amide bonds. The summed E-state index contributed by atoms with van der Waals surface area (Å²) in [4.78, 5) is 30.1. The lowest BCUT2D eigenvalue weighted by Crippen LogP contribution is -2.50. The first kappa shape index (κ1) is 32.5. The van der Waals surface area contributed by atoms with Crippen LogP contribution < -0.4 is 10.2 Å². The highest BCUT2D eigenvalue weighted by Crippen LogP contribution is 2.39. The molecule has 2 aliphatic heterocycles. The Bertz CT molecular complexity index is 1820. The molecule has 10 nitrogen and oxygen atoms in total. The molecular formula is C39H40N6O4. The van der Waals surface area contributed by atoms with Gasteiger partial charge in [-0.05, 0) is 58.1 Å². The van der Waals surface area contributed by atoms with Crippen molar-refractivity contribution in [2.75, 3.05) is 37.6 Å². The van der Waals surface area contributed by atoms with E-state index in [1.165, 1.54) is 0 Å². The molecule has 2 N–H and O–H groups in total. The number of hydrogen-bond donors (Lipinski definition) is 2. The minimum atomic E-state index is -0.554. The molecule has 2 aliphatic rings. The quantitative estimate of drug-likeness (QED) is 0.206. The standard InChI is InChI=1S/C39H40N6O4/c46-27-28-10-12-30(13-11-28)36-23-35(26-44-17-19-45(20-18-44)39-41-15-4-16-42-39)48-38(49-36)33-8-2-7-32(22-33)31-6-1-5-29(21-31)24-43-37(47)34-9-3-14-40-25-34/h1-16,21-22,25,35-36,38,46H,17-20,23-24,26-27H2,(H,43,47)/t35-,36+,38+/m1/s1. The number of benzene rings is 3. The fraction of sp³-hybridized carbons (Fsp3) is 0.282. The van der Waals surface area contributed by atoms with E-state index in [2.05, 4.69) is 60.4 Å². The number of anilines is 1. The summed E-state index contributed by atoms with van der Waals surface area (Å²) in [6.45, 7) is 4.71. The average Bonchev–Trinajstić information content (AvgIpc) is 3.18. The molecule has 0 aliphatic carbocycles. The van der Waals surface area contributed by atoms with E-state index in [4.69, 9.17) is 9.47 Å². The second-order valence-corrected chi connectivity index (χ2v) is 12.4. The molecule has 49 heavy (non-hydrogen) atoms. The third kappa shape index (κ3) is 8.18. The van der Waals surface area contributed by atoms with Crippen molar-refractivity contribution in [2.45, 2.75) is 38.1 Å². The Morgan fingerprint density at radius 3 is 2.33 bits per heavy atom. The Hall–Kier alpha value is -5.00. The minimum Gasteiger partial charge on any atom is -0.392 e. The molecule has 2 fully saturated rings. The Labute approximate surface area is 286 Å². The van der Waals surface area contributed by atoms with Crippen molar-refractivity contribution in [1.82, 2.24) is 25.2 Å². The number of nitrogens with one attached hydrogen (secondary N) is 1. The Balaban J connectivity index is 1.06. The first-order valence-electron chi connectivity index (χ1n) is 16.7. The monoisotopic (exact) mass is 656 g/mol. The van der Waals surface area contributed by atoms with Crippen molar-refractivity contribution in [3.05, 3.63) is 144 Å². The van der Waals surface area contributed by atoms with E-state index >= 15 is 0 Å². The first-order valence-corrected chi connectivity index (χ1v) is 16.7. The van der Waals surface area contributed by atoms with E-state index in [1.54, 1.807) is 36.9 Å². The normalized spacial score (nSPS) is 19.8. The summed E-state index contributed by atoms with van der Waals surface area (Å²) in [6.07, 6.45) is 6.75. The van der Waals surface area contributed by atoms with Crippen LogP contribution in [0.5, 0.6) is 0 Å². The topological polar surface area (TPSA) is 113 Å². The zero-order chi connectivity index (χ0) is 33.4. The summed E-state index contributed by atoms with van der Waals surface area (Å²) in [5, 5.41) is 12.6. The first-order chi connectivity index (χ1) is 24.1. The second-order valence-electron chi connectivity index (χ2n) is 12.4. The fourth-order valence-corrected chi connectivity index (χ4v) is 6.41. The highest BCUT2D eigenvalue weighted by molar-refractivity contribution is 5.93. The smallest absolute Gasteiger partial charge is 0.253 e. The fourth-order valence-electron chi connectivity index (χ4n) is 6.41. The SMILES string of the molecule is O=C(NCc1cccc(-c2cccc([C@H]3O[C@@H](CN4CCN(c5ncccn5)CC4)C[C@@H](c4ccc(CO)cc4)O3)c2)c1)c1cccnc1. The molecule has 0 radical (unpaired) electrons. The molecule has 2 saturated heterocycles. The molecule has 0 unspecified atom stereocenters. The number of piperazine rings is 1. The number of carbonyl (C=O) groups is 1. The summed E-state index contributed by atoms with van der Waals surface area (Å²) in [5.41, 5.74) is 6.49. The number of carbonyl (C=O) groups excluding carboxylic acids is 1. The van der Waals surface area contributed by atoms with E-state index < -0.39 is 6.29 Å². The number of rotatable bonds is 10. The molecule has 5 aromatic rings. The average molecular weight is 657 g/mol. The number of hydrogen-bond acceptors (Lipinski definition) is 9. The van der Waals surface area contributed by atoms with Crippen LogP contribution >= 0.6 is 0 Å². The van der Waals surface area contributed by atoms with Crippen molar-refractivity contribution in [1.29, 1.82) is 0 Å². The maximum absolute atomic E-state index is 12.6. The van der Waals surface area contributed by atoms with Crippen molar-refractivity contribution < 1.29 is 19.4 Å². The number of aliphatic hydroxyl groups is 1. The Morgan fingerprint density at radius 2 is 1.57 bits per heavy atom. The van der Waals surface area contributed by atoms with E-state index in [0.29, 0.717) is 12.1 Å². The van der Waals surface area contributed by atoms with Gasteiger partial charge in [0.15, 0.2) is 6.29 Å². The van der Waals surface area contributed by atoms with Gasteiger partial charge in [0.1, 0.15) is 0 Å². The van der Waals surface area contributed by atoms with Gasteiger partial charge in [0.25, 0.3) is 5.91 Å². The van der Waals surface area contributed by atoms with Crippen LogP contribution in [0.4, 0.5) is 5.95 Å². The third-order valence-corrected chi connectivity index (χ3v) is 9.08. The zero-order valence-corrected chi connectivity index (χ0v) is 27.3. The van der Waals surface area contributed by atoms with Gasteiger partial charge >= 0.3 is 0 Å². The lowest BCUT2D eigenvalue weighted by molar-refractivity contribution is -0.253. The van der Waals surface area contributed by atoms with E-state index in [9.17, 15) is 9.90 Å². The zero-order valence-electron chi connectivity index (χ0n) is 27.3. The number of nitrogens with zero attached hydrogens (tertiary/aromatic N) is 5. The number of aromatic nitrogens is 3. The van der Waals surface area contributed by atoms with Crippen LogP contribution in [0.2, 0.25) is 0 Å². The molecule has 0 saturated carbocycles. The summed E-state index contributed by atoms with van der Waals surface area (Å²) >= 11 is 0. The van der Waals surface area contributed by atoms with E-state index in [1.807, 2.05) is 48.5 Å². The highest BCUT2D eigenvalue weighted by Gasteiger charge is 2.34. The van der Waals surface area contributed by atoms with Gasteiger partial charge < -0.3 is 24.8 Å².